The molecule has 9 nitrogen and oxygen atoms in total. The molecule has 3 aromatic carbocycles. The second-order valence-corrected chi connectivity index (χ2v) is 9.58. The van der Waals surface area contributed by atoms with Crippen LogP contribution in [0.25, 0.3) is 22.8 Å². The van der Waals surface area contributed by atoms with Crippen LogP contribution >= 0.6 is 0 Å². The van der Waals surface area contributed by atoms with Gasteiger partial charge in [0.1, 0.15) is 22.5 Å². The lowest BCUT2D eigenvalue weighted by Crippen LogP contribution is -2.34. The van der Waals surface area contributed by atoms with Crippen molar-refractivity contribution in [2.45, 2.75) is 33.4 Å². The summed E-state index contributed by atoms with van der Waals surface area (Å²) in [6.45, 7) is 8.68. The van der Waals surface area contributed by atoms with E-state index < -0.39 is 5.91 Å². The van der Waals surface area contributed by atoms with Gasteiger partial charge in [-0.25, -0.2) is 0 Å². The fraction of sp³-hybridized carbons (Fsp3) is 0.200. The number of carbonyl (C=O) groups excluding carboxylic acids is 2. The van der Waals surface area contributed by atoms with E-state index in [-0.39, 0.29) is 30.1 Å². The zero-order valence-corrected chi connectivity index (χ0v) is 21.8. The second kappa shape index (κ2) is 10.5. The minimum atomic E-state index is -0.436. The van der Waals surface area contributed by atoms with Crippen molar-refractivity contribution in [3.8, 4) is 11.4 Å². The van der Waals surface area contributed by atoms with Gasteiger partial charge in [0.25, 0.3) is 5.91 Å². The van der Waals surface area contributed by atoms with Crippen LogP contribution in [0.15, 0.2) is 72.4 Å². The van der Waals surface area contributed by atoms with Crippen molar-refractivity contribution in [3.05, 3.63) is 94.7 Å². The molecule has 1 fully saturated rings. The molecule has 1 amide bonds. The number of aromatic hydroxyl groups is 1. The van der Waals surface area contributed by atoms with Crippen LogP contribution in [0.4, 0.5) is 5.69 Å². The van der Waals surface area contributed by atoms with Gasteiger partial charge in [0.2, 0.25) is 0 Å². The van der Waals surface area contributed by atoms with Gasteiger partial charge in [0.15, 0.2) is 5.78 Å². The summed E-state index contributed by atoms with van der Waals surface area (Å²) in [7, 11) is 0. The number of amides is 1. The van der Waals surface area contributed by atoms with Crippen LogP contribution in [-0.4, -0.2) is 43.4 Å². The minimum Gasteiger partial charge on any atom is -0.505 e. The normalized spacial score (nSPS) is 14.7. The molecule has 39 heavy (non-hydrogen) atoms. The average Bonchev–Trinajstić information content (AvgIpc) is 3.34. The van der Waals surface area contributed by atoms with E-state index in [4.69, 9.17) is 0 Å². The van der Waals surface area contributed by atoms with Crippen LogP contribution in [0.3, 0.4) is 0 Å². The number of phenols is 1. The Kier molecular flexibility index (Phi) is 7.00. The Bertz CT molecular complexity index is 1610. The molecule has 1 aliphatic heterocycles. The van der Waals surface area contributed by atoms with Crippen molar-refractivity contribution >= 4 is 34.5 Å². The summed E-state index contributed by atoms with van der Waals surface area (Å²) in [5.41, 5.74) is 6.37. The summed E-state index contributed by atoms with van der Waals surface area (Å²) < 4.78 is 0. The summed E-state index contributed by atoms with van der Waals surface area (Å²) in [5.74, 6) is -0.594. The Morgan fingerprint density at radius 1 is 1.08 bits per heavy atom. The number of phenolic OH excluding ortho intramolecular Hbond substituents is 1. The smallest absolute Gasteiger partial charge is 0.259 e. The summed E-state index contributed by atoms with van der Waals surface area (Å²) in [6.07, 6.45) is 1.70. The fourth-order valence-electron chi connectivity index (χ4n) is 4.65. The van der Waals surface area contributed by atoms with Crippen LogP contribution < -0.4 is 10.2 Å². The largest absolute Gasteiger partial charge is 0.505 e. The van der Waals surface area contributed by atoms with Crippen molar-refractivity contribution in [2.24, 2.45) is 0 Å². The molecule has 2 heterocycles. The first-order valence-electron chi connectivity index (χ1n) is 12.6. The summed E-state index contributed by atoms with van der Waals surface area (Å²) in [5, 5.41) is 32.3. The van der Waals surface area contributed by atoms with E-state index in [2.05, 4.69) is 27.0 Å². The molecule has 0 radical (unpaired) electrons. The van der Waals surface area contributed by atoms with Crippen LogP contribution in [-0.2, 0) is 22.7 Å². The van der Waals surface area contributed by atoms with Gasteiger partial charge in [-0.05, 0) is 66.9 Å². The zero-order valence-electron chi connectivity index (χ0n) is 21.8. The third-order valence-electron chi connectivity index (χ3n) is 6.68. The number of carbonyl (C=O) groups is 2. The monoisotopic (exact) mass is 523 g/mol. The van der Waals surface area contributed by atoms with Crippen LogP contribution in [0, 0.1) is 6.92 Å². The quantitative estimate of drug-likeness (QED) is 0.248. The Labute approximate surface area is 225 Å². The molecule has 0 atom stereocenters. The summed E-state index contributed by atoms with van der Waals surface area (Å²) in [4.78, 5) is 28.0. The number of nitrogens with zero attached hydrogens (tertiary/aromatic N) is 4. The lowest BCUT2D eigenvalue weighted by Gasteiger charge is -2.24. The number of hydrogen-bond acceptors (Lipinski definition) is 7. The number of allylic oxidation sites excluding steroid dienone is 1. The maximum absolute atomic E-state index is 12.3. The molecule has 0 saturated carbocycles. The van der Waals surface area contributed by atoms with Gasteiger partial charge in [0.05, 0.1) is 18.6 Å². The Morgan fingerprint density at radius 3 is 2.51 bits per heavy atom. The average molecular weight is 524 g/mol. The lowest BCUT2D eigenvalue weighted by molar-refractivity contribution is -0.123. The number of fused-ring (bicyclic) bond motifs is 1. The van der Waals surface area contributed by atoms with Crippen LogP contribution in [0.1, 0.15) is 35.6 Å². The molecule has 5 rings (SSSR count). The van der Waals surface area contributed by atoms with Gasteiger partial charge >= 0.3 is 0 Å². The SMILES string of the molecule is C=C1CC(=O)/C(=C\c2ccc(N(CC)Cc3cc(C)cc(-n4nc5ccc(CO)cc5n4)c3O)cc2)C(=O)N1. The standard InChI is InChI=1S/C30H29N5O4/c1-4-34(23-8-5-20(6-9-23)14-24-28(37)13-19(3)31-30(24)39)16-22-11-18(2)12-27(29(22)38)35-32-25-10-7-21(17-36)15-26(25)33-35/h5-12,14-15,36,38H,3-4,13,16-17H2,1-2H3,(H,31,39)/b24-14+. The second-order valence-electron chi connectivity index (χ2n) is 9.58. The third kappa shape index (κ3) is 5.30. The van der Waals surface area contributed by atoms with E-state index in [0.29, 0.717) is 35.5 Å². The predicted octanol–water partition coefficient (Wildman–Crippen LogP) is 3.94. The lowest BCUT2D eigenvalue weighted by atomic mass is 9.99. The molecular formula is C30H29N5O4. The highest BCUT2D eigenvalue weighted by Crippen LogP contribution is 2.31. The van der Waals surface area contributed by atoms with Gasteiger partial charge in [-0.15, -0.1) is 15.0 Å². The van der Waals surface area contributed by atoms with Crippen LogP contribution in [0.2, 0.25) is 0 Å². The first kappa shape index (κ1) is 25.9. The number of piperidine rings is 1. The first-order valence-corrected chi connectivity index (χ1v) is 12.6. The number of nitrogens with one attached hydrogen (secondary N) is 1. The van der Waals surface area contributed by atoms with Gasteiger partial charge in [-0.2, -0.15) is 0 Å². The van der Waals surface area contributed by atoms with Crippen molar-refractivity contribution in [2.75, 3.05) is 11.4 Å². The molecule has 0 unspecified atom stereocenters. The van der Waals surface area contributed by atoms with Crippen LogP contribution in [0.5, 0.6) is 5.75 Å². The van der Waals surface area contributed by atoms with Gasteiger partial charge in [-0.1, -0.05) is 30.8 Å². The summed E-state index contributed by atoms with van der Waals surface area (Å²) in [6, 6.07) is 16.7. The molecule has 1 aromatic heterocycles. The Hall–Kier alpha value is -4.76. The number of anilines is 1. The highest BCUT2D eigenvalue weighted by atomic mass is 16.3. The predicted molar refractivity (Wildman–Crippen MR) is 149 cm³/mol. The molecular weight excluding hydrogens is 494 g/mol. The molecule has 0 bridgehead atoms. The maximum atomic E-state index is 12.3. The van der Waals surface area contributed by atoms with Crippen molar-refractivity contribution in [1.82, 2.24) is 20.3 Å². The van der Waals surface area contributed by atoms with Gasteiger partial charge < -0.3 is 20.4 Å². The van der Waals surface area contributed by atoms with E-state index in [1.807, 2.05) is 50.2 Å². The number of rotatable bonds is 7. The fourth-order valence-corrected chi connectivity index (χ4v) is 4.65. The highest BCUT2D eigenvalue weighted by Gasteiger charge is 2.25. The molecule has 198 valence electrons. The summed E-state index contributed by atoms with van der Waals surface area (Å²) >= 11 is 0. The van der Waals surface area contributed by atoms with Crippen molar-refractivity contribution in [1.29, 1.82) is 0 Å². The number of benzene rings is 3. The number of aryl methyl sites for hydroxylation is 1. The molecule has 4 aromatic rings. The number of aromatic nitrogens is 3. The van der Waals surface area contributed by atoms with E-state index >= 15 is 0 Å². The number of ketones is 1. The molecule has 3 N–H and O–H groups in total. The van der Waals surface area contributed by atoms with Gasteiger partial charge in [0, 0.05) is 30.0 Å². The Balaban J connectivity index is 1.40. The molecule has 0 aliphatic carbocycles. The minimum absolute atomic E-state index is 0.0858. The highest BCUT2D eigenvalue weighted by molar-refractivity contribution is 6.25. The maximum Gasteiger partial charge on any atom is 0.259 e. The number of aliphatic hydroxyl groups is 1. The number of hydrogen-bond donors (Lipinski definition) is 3. The first-order chi connectivity index (χ1) is 18.7. The third-order valence-corrected chi connectivity index (χ3v) is 6.68. The topological polar surface area (TPSA) is 121 Å². The van der Waals surface area contributed by atoms with E-state index in [1.54, 1.807) is 24.3 Å². The Morgan fingerprint density at radius 2 is 1.82 bits per heavy atom. The molecule has 9 heteroatoms. The van der Waals surface area contributed by atoms with Crippen molar-refractivity contribution in [3.63, 3.8) is 0 Å². The van der Waals surface area contributed by atoms with Crippen molar-refractivity contribution < 1.29 is 19.8 Å². The zero-order chi connectivity index (χ0) is 27.7. The van der Waals surface area contributed by atoms with E-state index in [1.165, 1.54) is 4.80 Å². The number of aliphatic hydroxyl groups excluding tert-OH is 1. The molecule has 1 saturated heterocycles. The molecule has 0 spiro atoms. The molecule has 1 aliphatic rings. The van der Waals surface area contributed by atoms with E-state index in [0.717, 1.165) is 27.9 Å². The number of Topliss-reactive ketones (excluding diaryl/α,β-unsaturated/α-hetero) is 1. The van der Waals surface area contributed by atoms with Gasteiger partial charge in [-0.3, -0.25) is 9.59 Å². The van der Waals surface area contributed by atoms with E-state index in [9.17, 15) is 19.8 Å².